The van der Waals surface area contributed by atoms with E-state index in [9.17, 15) is 13.2 Å². The Morgan fingerprint density at radius 1 is 1.32 bits per heavy atom. The molecular weight excluding hydrogens is 315 g/mol. The maximum Gasteiger partial charge on any atom is 0.573 e. The fraction of sp³-hybridized carbons (Fsp3) is 0.357. The first-order valence-electron chi connectivity index (χ1n) is 6.50. The van der Waals surface area contributed by atoms with Crippen LogP contribution in [0.1, 0.15) is 10.9 Å². The Balaban J connectivity index is 1.96. The van der Waals surface area contributed by atoms with Crippen LogP contribution in [-0.4, -0.2) is 36.9 Å². The number of anilines is 1. The van der Waals surface area contributed by atoms with Gasteiger partial charge in [0.2, 0.25) is 0 Å². The summed E-state index contributed by atoms with van der Waals surface area (Å²) in [6.45, 7) is 0.597. The van der Waals surface area contributed by atoms with Gasteiger partial charge in [0.1, 0.15) is 11.6 Å². The molecule has 1 N–H and O–H groups in total. The van der Waals surface area contributed by atoms with E-state index < -0.39 is 6.36 Å². The number of alkyl halides is 3. The van der Waals surface area contributed by atoms with Crippen LogP contribution < -0.4 is 10.1 Å². The Hall–Kier alpha value is -1.80. The fourth-order valence-corrected chi connectivity index (χ4v) is 2.82. The molecule has 1 unspecified atom stereocenters. The van der Waals surface area contributed by atoms with Crippen molar-refractivity contribution in [2.75, 3.05) is 26.0 Å². The lowest BCUT2D eigenvalue weighted by atomic mass is 10.2. The first-order chi connectivity index (χ1) is 10.3. The third-order valence-corrected chi connectivity index (χ3v) is 3.91. The number of halogens is 3. The normalized spacial score (nSPS) is 13.2. The van der Waals surface area contributed by atoms with Crippen LogP contribution in [0, 0.1) is 0 Å². The minimum absolute atomic E-state index is 0.160. The second-order valence-corrected chi connectivity index (χ2v) is 5.78. The summed E-state index contributed by atoms with van der Waals surface area (Å²) in [6, 6.07) is 6.89. The quantitative estimate of drug-likeness (QED) is 0.875. The molecule has 0 aromatic carbocycles. The van der Waals surface area contributed by atoms with Gasteiger partial charge < -0.3 is 15.0 Å². The summed E-state index contributed by atoms with van der Waals surface area (Å²) in [4.78, 5) is 7.20. The summed E-state index contributed by atoms with van der Waals surface area (Å²) < 4.78 is 40.0. The van der Waals surface area contributed by atoms with Gasteiger partial charge in [-0.1, -0.05) is 6.07 Å². The highest BCUT2D eigenvalue weighted by Gasteiger charge is 2.31. The molecule has 0 fully saturated rings. The van der Waals surface area contributed by atoms with Crippen LogP contribution >= 0.6 is 11.3 Å². The van der Waals surface area contributed by atoms with Gasteiger partial charge >= 0.3 is 6.36 Å². The van der Waals surface area contributed by atoms with Crippen LogP contribution in [0.5, 0.6) is 5.75 Å². The third-order valence-electron chi connectivity index (χ3n) is 2.94. The Kier molecular flexibility index (Phi) is 5.25. The van der Waals surface area contributed by atoms with Crippen molar-refractivity contribution in [3.05, 3.63) is 40.7 Å². The van der Waals surface area contributed by atoms with E-state index in [2.05, 4.69) is 19.9 Å². The second-order valence-electron chi connectivity index (χ2n) is 4.80. The molecule has 8 heteroatoms. The summed E-state index contributed by atoms with van der Waals surface area (Å²) in [7, 11) is 3.94. The van der Waals surface area contributed by atoms with E-state index in [-0.39, 0.29) is 11.8 Å². The maximum atomic E-state index is 12.1. The molecule has 2 heterocycles. The van der Waals surface area contributed by atoms with Gasteiger partial charge in [0.15, 0.2) is 0 Å². The highest BCUT2D eigenvalue weighted by Crippen LogP contribution is 2.25. The van der Waals surface area contributed by atoms with Gasteiger partial charge in [-0.15, -0.1) is 24.5 Å². The van der Waals surface area contributed by atoms with Crippen molar-refractivity contribution in [2.24, 2.45) is 0 Å². The molecule has 22 heavy (non-hydrogen) atoms. The highest BCUT2D eigenvalue weighted by atomic mass is 32.1. The molecule has 0 saturated carbocycles. The number of pyridine rings is 1. The molecule has 0 aliphatic carbocycles. The van der Waals surface area contributed by atoms with Gasteiger partial charge in [-0.05, 0) is 37.7 Å². The van der Waals surface area contributed by atoms with Crippen LogP contribution in [0.25, 0.3) is 0 Å². The predicted octanol–water partition coefficient (Wildman–Crippen LogP) is 3.76. The number of rotatable bonds is 6. The van der Waals surface area contributed by atoms with E-state index >= 15 is 0 Å². The number of hydrogen-bond acceptors (Lipinski definition) is 5. The van der Waals surface area contributed by atoms with E-state index in [0.717, 1.165) is 6.20 Å². The first-order valence-corrected chi connectivity index (χ1v) is 7.38. The largest absolute Gasteiger partial charge is 0.573 e. The zero-order valence-electron chi connectivity index (χ0n) is 12.1. The summed E-state index contributed by atoms with van der Waals surface area (Å²) in [5, 5.41) is 5.13. The molecule has 0 bridgehead atoms. The standard InChI is InChI=1S/C14H16F3N3OS/c1-20(2)11(12-4-3-7-22-12)9-19-13-6-5-10(8-18-13)21-14(15,16)17/h3-8,11H,9H2,1-2H3,(H,18,19). The lowest BCUT2D eigenvalue weighted by Gasteiger charge is -2.23. The highest BCUT2D eigenvalue weighted by molar-refractivity contribution is 7.10. The van der Waals surface area contributed by atoms with Crippen LogP contribution in [0.15, 0.2) is 35.8 Å². The average Bonchev–Trinajstić information content (AvgIpc) is 2.92. The van der Waals surface area contributed by atoms with Gasteiger partial charge in [-0.2, -0.15) is 0 Å². The van der Waals surface area contributed by atoms with Crippen molar-refractivity contribution in [1.82, 2.24) is 9.88 Å². The lowest BCUT2D eigenvalue weighted by Crippen LogP contribution is -2.26. The maximum absolute atomic E-state index is 12.1. The Morgan fingerprint density at radius 2 is 2.09 bits per heavy atom. The van der Waals surface area contributed by atoms with Crippen molar-refractivity contribution in [3.63, 3.8) is 0 Å². The number of nitrogens with one attached hydrogen (secondary N) is 1. The van der Waals surface area contributed by atoms with E-state index in [4.69, 9.17) is 0 Å². The van der Waals surface area contributed by atoms with Crippen molar-refractivity contribution in [2.45, 2.75) is 12.4 Å². The van der Waals surface area contributed by atoms with Gasteiger partial charge in [0, 0.05) is 11.4 Å². The number of ether oxygens (including phenoxy) is 1. The van der Waals surface area contributed by atoms with Crippen LogP contribution in [0.4, 0.5) is 19.0 Å². The zero-order chi connectivity index (χ0) is 16.2. The predicted molar refractivity (Wildman–Crippen MR) is 80.2 cm³/mol. The van der Waals surface area contributed by atoms with Gasteiger partial charge in [-0.3, -0.25) is 0 Å². The van der Waals surface area contributed by atoms with Crippen molar-refractivity contribution < 1.29 is 17.9 Å². The molecule has 2 aromatic heterocycles. The molecule has 2 rings (SSSR count). The Labute approximate surface area is 130 Å². The van der Waals surface area contributed by atoms with Gasteiger partial charge in [0.25, 0.3) is 0 Å². The molecule has 2 aromatic rings. The molecule has 0 saturated heterocycles. The topological polar surface area (TPSA) is 37.4 Å². The van der Waals surface area contributed by atoms with Gasteiger partial charge in [-0.25, -0.2) is 4.98 Å². The molecule has 0 radical (unpaired) electrons. The average molecular weight is 331 g/mol. The number of likely N-dealkylation sites (N-methyl/N-ethyl adjacent to an activating group) is 1. The van der Waals surface area contributed by atoms with Crippen LogP contribution in [0.3, 0.4) is 0 Å². The molecule has 0 spiro atoms. The SMILES string of the molecule is CN(C)C(CNc1ccc(OC(F)(F)F)cn1)c1cccs1. The fourth-order valence-electron chi connectivity index (χ4n) is 1.90. The minimum atomic E-state index is -4.70. The Morgan fingerprint density at radius 3 is 2.59 bits per heavy atom. The summed E-state index contributed by atoms with van der Waals surface area (Å²) in [5.41, 5.74) is 0. The number of nitrogens with zero attached hydrogens (tertiary/aromatic N) is 2. The third kappa shape index (κ3) is 4.88. The second kappa shape index (κ2) is 6.97. The van der Waals surface area contributed by atoms with Crippen molar-refractivity contribution in [3.8, 4) is 5.75 Å². The van der Waals surface area contributed by atoms with E-state index in [1.165, 1.54) is 17.0 Å². The molecule has 4 nitrogen and oxygen atoms in total. The summed E-state index contributed by atoms with van der Waals surface area (Å²) >= 11 is 1.66. The molecule has 120 valence electrons. The zero-order valence-corrected chi connectivity index (χ0v) is 12.9. The van der Waals surface area contributed by atoms with E-state index in [1.807, 2.05) is 31.6 Å². The van der Waals surface area contributed by atoms with Crippen molar-refractivity contribution >= 4 is 17.2 Å². The summed E-state index contributed by atoms with van der Waals surface area (Å²) in [5.74, 6) is 0.165. The summed E-state index contributed by atoms with van der Waals surface area (Å²) in [6.07, 6.45) is -3.66. The van der Waals surface area contributed by atoms with E-state index in [1.54, 1.807) is 11.3 Å². The van der Waals surface area contributed by atoms with Gasteiger partial charge in [0.05, 0.1) is 12.2 Å². The number of hydrogen-bond donors (Lipinski definition) is 1. The monoisotopic (exact) mass is 331 g/mol. The first kappa shape index (κ1) is 16.6. The molecule has 0 amide bonds. The van der Waals surface area contributed by atoms with Crippen LogP contribution in [0.2, 0.25) is 0 Å². The number of aromatic nitrogens is 1. The van der Waals surface area contributed by atoms with E-state index in [0.29, 0.717) is 12.4 Å². The molecule has 0 aliphatic heterocycles. The van der Waals surface area contributed by atoms with Crippen molar-refractivity contribution in [1.29, 1.82) is 0 Å². The smallest absolute Gasteiger partial charge is 0.404 e. The lowest BCUT2D eigenvalue weighted by molar-refractivity contribution is -0.274. The number of thiophene rings is 1. The molecule has 0 aliphatic rings. The Bertz CT molecular complexity index is 570. The molecular formula is C14H16F3N3OS. The minimum Gasteiger partial charge on any atom is -0.404 e. The molecule has 1 atom stereocenters. The van der Waals surface area contributed by atoms with Crippen LogP contribution in [-0.2, 0) is 0 Å².